The van der Waals surface area contributed by atoms with Crippen LogP contribution < -0.4 is 9.80 Å². The molecule has 4 aromatic carbocycles. The van der Waals surface area contributed by atoms with Crippen LogP contribution in [0.1, 0.15) is 34.1 Å². The third kappa shape index (κ3) is 4.22. The van der Waals surface area contributed by atoms with Gasteiger partial charge in [0.25, 0.3) is 11.8 Å². The lowest BCUT2D eigenvalue weighted by atomic mass is 9.79. The van der Waals surface area contributed by atoms with E-state index < -0.39 is 34.9 Å². The minimum atomic E-state index is -1.85. The second kappa shape index (κ2) is 10.9. The number of aliphatic hydroxyl groups is 2. The first-order chi connectivity index (χ1) is 20.2. The highest BCUT2D eigenvalue weighted by atomic mass is 16.3. The van der Waals surface area contributed by atoms with Crippen molar-refractivity contribution in [2.24, 2.45) is 0 Å². The molecule has 0 fully saturated rings. The Kier molecular flexibility index (Phi) is 7.36. The highest BCUT2D eigenvalue weighted by molar-refractivity contribution is 6.08. The minimum Gasteiger partial charge on any atom is -0.374 e. The van der Waals surface area contributed by atoms with E-state index in [1.807, 2.05) is 12.1 Å². The molecule has 2 amide bonds. The van der Waals surface area contributed by atoms with Gasteiger partial charge in [0.2, 0.25) is 0 Å². The Morgan fingerprint density at radius 1 is 0.571 bits per heavy atom. The molecular formula is C34H28N4O4. The number of likely N-dealkylation sites (N-methyl/N-ethyl adjacent to an activating group) is 2. The Labute approximate surface area is 243 Å². The Morgan fingerprint density at radius 2 is 0.881 bits per heavy atom. The molecule has 8 heteroatoms. The Morgan fingerprint density at radius 3 is 1.21 bits per heavy atom. The zero-order valence-corrected chi connectivity index (χ0v) is 23.0. The molecule has 0 aromatic heterocycles. The normalized spacial score (nSPS) is 21.8. The van der Waals surface area contributed by atoms with Crippen LogP contribution in [-0.2, 0) is 20.8 Å². The summed E-state index contributed by atoms with van der Waals surface area (Å²) >= 11 is 0. The van der Waals surface area contributed by atoms with Gasteiger partial charge in [-0.2, -0.15) is 10.5 Å². The first-order valence-electron chi connectivity index (χ1n) is 13.3. The maximum Gasteiger partial charge on any atom is 0.265 e. The fraction of sp³-hybridized carbons (Fsp3) is 0.176. The van der Waals surface area contributed by atoms with Gasteiger partial charge < -0.3 is 20.0 Å². The molecule has 8 nitrogen and oxygen atoms in total. The minimum absolute atomic E-state index is 0.473. The molecule has 4 atom stereocenters. The molecule has 4 aromatic rings. The number of nitrogens with zero attached hydrogens (tertiary/aromatic N) is 4. The summed E-state index contributed by atoms with van der Waals surface area (Å²) in [6.07, 6.45) is 0. The maximum atomic E-state index is 12.6. The van der Waals surface area contributed by atoms with E-state index in [-0.39, 0.29) is 0 Å². The molecule has 2 N–H and O–H groups in total. The summed E-state index contributed by atoms with van der Waals surface area (Å²) in [5.74, 6) is -2.84. The molecule has 0 unspecified atom stereocenters. The van der Waals surface area contributed by atoms with E-state index >= 15 is 0 Å². The SMILES string of the molecule is CN1C(=O)[C@@](O)([C@H](C#N)c2ccccc2)c2ccccc21.CN1C(=O)[C@](O)([C@@H](C#N)c2ccccc2)c2ccccc21. The van der Waals surface area contributed by atoms with Gasteiger partial charge in [0.05, 0.1) is 23.5 Å². The Balaban J connectivity index is 0.000000168. The van der Waals surface area contributed by atoms with Crippen LogP contribution >= 0.6 is 0 Å². The predicted octanol–water partition coefficient (Wildman–Crippen LogP) is 4.32. The summed E-state index contributed by atoms with van der Waals surface area (Å²) in [6.45, 7) is 0. The topological polar surface area (TPSA) is 129 Å². The summed E-state index contributed by atoms with van der Waals surface area (Å²) < 4.78 is 0. The van der Waals surface area contributed by atoms with Crippen LogP contribution in [0.3, 0.4) is 0 Å². The molecule has 208 valence electrons. The number of rotatable bonds is 4. The van der Waals surface area contributed by atoms with Crippen LogP contribution in [0.4, 0.5) is 11.4 Å². The van der Waals surface area contributed by atoms with Gasteiger partial charge in [-0.05, 0) is 23.3 Å². The van der Waals surface area contributed by atoms with Crippen molar-refractivity contribution in [2.75, 3.05) is 23.9 Å². The molecule has 2 heterocycles. The molecule has 0 saturated carbocycles. The number of nitriles is 2. The number of hydrogen-bond acceptors (Lipinski definition) is 6. The van der Waals surface area contributed by atoms with Gasteiger partial charge >= 0.3 is 0 Å². The number of carbonyl (C=O) groups excluding carboxylic acids is 2. The maximum absolute atomic E-state index is 12.6. The smallest absolute Gasteiger partial charge is 0.265 e. The van der Waals surface area contributed by atoms with E-state index in [0.29, 0.717) is 33.6 Å². The Hall–Kier alpha value is -5.28. The lowest BCUT2D eigenvalue weighted by Crippen LogP contribution is -2.43. The summed E-state index contributed by atoms with van der Waals surface area (Å²) in [4.78, 5) is 28.0. The third-order valence-corrected chi connectivity index (χ3v) is 7.97. The van der Waals surface area contributed by atoms with Gasteiger partial charge in [-0.1, -0.05) is 97.1 Å². The molecule has 2 aliphatic rings. The van der Waals surface area contributed by atoms with Crippen LogP contribution in [0.15, 0.2) is 109 Å². The van der Waals surface area contributed by atoms with Crippen LogP contribution in [0.2, 0.25) is 0 Å². The van der Waals surface area contributed by atoms with Crippen molar-refractivity contribution in [1.29, 1.82) is 10.5 Å². The molecular weight excluding hydrogens is 528 g/mol. The second-order valence-electron chi connectivity index (χ2n) is 10.2. The van der Waals surface area contributed by atoms with E-state index in [1.165, 1.54) is 9.80 Å². The van der Waals surface area contributed by atoms with Crippen molar-refractivity contribution in [1.82, 2.24) is 0 Å². The fourth-order valence-corrected chi connectivity index (χ4v) is 5.80. The zero-order valence-electron chi connectivity index (χ0n) is 23.0. The molecule has 0 aliphatic carbocycles. The molecule has 6 rings (SSSR count). The largest absolute Gasteiger partial charge is 0.374 e. The number of fused-ring (bicyclic) bond motifs is 2. The first kappa shape index (κ1) is 28.3. The van der Waals surface area contributed by atoms with Gasteiger partial charge in [-0.15, -0.1) is 0 Å². The third-order valence-electron chi connectivity index (χ3n) is 7.97. The fourth-order valence-electron chi connectivity index (χ4n) is 5.80. The number of amides is 2. The van der Waals surface area contributed by atoms with Crippen molar-refractivity contribution in [3.8, 4) is 12.1 Å². The summed E-state index contributed by atoms with van der Waals surface area (Å²) in [5, 5.41) is 41.3. The highest BCUT2D eigenvalue weighted by Gasteiger charge is 2.55. The van der Waals surface area contributed by atoms with Crippen molar-refractivity contribution in [3.05, 3.63) is 131 Å². The van der Waals surface area contributed by atoms with Crippen LogP contribution in [0, 0.1) is 22.7 Å². The number of anilines is 2. The number of carbonyl (C=O) groups is 2. The van der Waals surface area contributed by atoms with E-state index in [4.69, 9.17) is 0 Å². The van der Waals surface area contributed by atoms with Gasteiger partial charge in [-0.3, -0.25) is 9.59 Å². The number of hydrogen-bond donors (Lipinski definition) is 2. The standard InChI is InChI=1S/2C17H14N2O2/c2*1-19-15-10-6-5-9-13(15)17(21,16(19)20)14(11-18)12-7-3-2-4-8-12/h2*2-10,14,21H,1H3/t2*14-,17+/m10/s1. The summed E-state index contributed by atoms with van der Waals surface area (Å²) in [6, 6.07) is 36.1. The first-order valence-corrected chi connectivity index (χ1v) is 13.3. The highest BCUT2D eigenvalue weighted by Crippen LogP contribution is 2.48. The van der Waals surface area contributed by atoms with Gasteiger partial charge in [-0.25, -0.2) is 0 Å². The number of benzene rings is 4. The quantitative estimate of drug-likeness (QED) is 0.385. The average molecular weight is 557 g/mol. The van der Waals surface area contributed by atoms with E-state index in [9.17, 15) is 30.3 Å². The average Bonchev–Trinajstić information content (AvgIpc) is 3.35. The van der Waals surface area contributed by atoms with Crippen molar-refractivity contribution in [2.45, 2.75) is 23.0 Å². The van der Waals surface area contributed by atoms with Gasteiger partial charge in [0.1, 0.15) is 11.8 Å². The molecule has 0 saturated heterocycles. The second-order valence-corrected chi connectivity index (χ2v) is 10.2. The molecule has 0 bridgehead atoms. The van der Waals surface area contributed by atoms with Crippen LogP contribution in [0.5, 0.6) is 0 Å². The summed E-state index contributed by atoms with van der Waals surface area (Å²) in [7, 11) is 3.22. The molecule has 2 aliphatic heterocycles. The van der Waals surface area contributed by atoms with Crippen LogP contribution in [-0.4, -0.2) is 36.1 Å². The van der Waals surface area contributed by atoms with Crippen molar-refractivity contribution < 1.29 is 19.8 Å². The van der Waals surface area contributed by atoms with E-state index in [1.54, 1.807) is 111 Å². The van der Waals surface area contributed by atoms with Gasteiger partial charge in [0.15, 0.2) is 11.2 Å². The van der Waals surface area contributed by atoms with E-state index in [2.05, 4.69) is 12.1 Å². The molecule has 0 spiro atoms. The summed E-state index contributed by atoms with van der Waals surface area (Å²) in [5.41, 5.74) is -0.201. The zero-order chi connectivity index (χ0) is 30.1. The Bertz CT molecular complexity index is 1600. The van der Waals surface area contributed by atoms with Crippen LogP contribution in [0.25, 0.3) is 0 Å². The monoisotopic (exact) mass is 556 g/mol. The molecule has 0 radical (unpaired) electrons. The predicted molar refractivity (Wildman–Crippen MR) is 157 cm³/mol. The van der Waals surface area contributed by atoms with Crippen molar-refractivity contribution >= 4 is 23.2 Å². The lowest BCUT2D eigenvalue weighted by molar-refractivity contribution is -0.137. The van der Waals surface area contributed by atoms with E-state index in [0.717, 1.165) is 0 Å². The van der Waals surface area contributed by atoms with Crippen molar-refractivity contribution in [3.63, 3.8) is 0 Å². The molecule has 42 heavy (non-hydrogen) atoms. The lowest BCUT2D eigenvalue weighted by Gasteiger charge is -2.27. The van der Waals surface area contributed by atoms with Gasteiger partial charge in [0, 0.05) is 25.2 Å². The number of para-hydroxylation sites is 2.